The Balaban J connectivity index is 1.44. The number of carbonyl (C=O) groups excluding carboxylic acids is 2. The van der Waals surface area contributed by atoms with Crippen molar-refractivity contribution in [1.29, 1.82) is 0 Å². The number of hydrogen-bond acceptors (Lipinski definition) is 3. The largest absolute Gasteiger partial charge is 0.493 e. The first-order chi connectivity index (χ1) is 13.4. The van der Waals surface area contributed by atoms with Crippen molar-refractivity contribution in [1.82, 2.24) is 10.2 Å². The van der Waals surface area contributed by atoms with Gasteiger partial charge in [-0.15, -0.1) is 0 Å². The number of halogens is 2. The van der Waals surface area contributed by atoms with Crippen molar-refractivity contribution in [2.75, 3.05) is 13.7 Å². The van der Waals surface area contributed by atoms with Crippen molar-refractivity contribution in [3.05, 3.63) is 63.6 Å². The molecule has 2 aromatic rings. The second kappa shape index (κ2) is 9.30. The molecule has 0 aliphatic heterocycles. The highest BCUT2D eigenvalue weighted by molar-refractivity contribution is 6.42. The lowest BCUT2D eigenvalue weighted by Gasteiger charge is -2.18. The van der Waals surface area contributed by atoms with E-state index in [1.165, 1.54) is 0 Å². The van der Waals surface area contributed by atoms with Crippen LogP contribution in [0.3, 0.4) is 0 Å². The molecule has 2 aromatic carbocycles. The van der Waals surface area contributed by atoms with Crippen LogP contribution in [0.5, 0.6) is 5.75 Å². The fourth-order valence-corrected chi connectivity index (χ4v) is 2.92. The zero-order valence-corrected chi connectivity index (χ0v) is 17.1. The Kier molecular flexibility index (Phi) is 6.81. The molecule has 0 radical (unpaired) electrons. The summed E-state index contributed by atoms with van der Waals surface area (Å²) in [6.07, 6.45) is 2.37. The van der Waals surface area contributed by atoms with Gasteiger partial charge in [-0.05, 0) is 42.7 Å². The summed E-state index contributed by atoms with van der Waals surface area (Å²) in [6.45, 7) is 0.720. The summed E-state index contributed by atoms with van der Waals surface area (Å²) in [7, 11) is 1.75. The van der Waals surface area contributed by atoms with Crippen LogP contribution in [0.1, 0.15) is 35.2 Å². The molecule has 1 saturated carbocycles. The summed E-state index contributed by atoms with van der Waals surface area (Å²) >= 11 is 11.8. The van der Waals surface area contributed by atoms with E-state index < -0.39 is 0 Å². The van der Waals surface area contributed by atoms with E-state index in [-0.39, 0.29) is 24.8 Å². The number of nitrogens with one attached hydrogen (secondary N) is 1. The van der Waals surface area contributed by atoms with Crippen molar-refractivity contribution in [3.63, 3.8) is 0 Å². The van der Waals surface area contributed by atoms with E-state index in [4.69, 9.17) is 27.9 Å². The van der Waals surface area contributed by atoms with Gasteiger partial charge in [-0.25, -0.2) is 0 Å². The number of rotatable bonds is 8. The highest BCUT2D eigenvalue weighted by Crippen LogP contribution is 2.26. The highest BCUT2D eigenvalue weighted by Gasteiger charge is 2.23. The molecule has 0 unspecified atom stereocenters. The Morgan fingerprint density at radius 2 is 1.82 bits per heavy atom. The Labute approximate surface area is 174 Å². The first-order valence-corrected chi connectivity index (χ1v) is 9.89. The monoisotopic (exact) mass is 420 g/mol. The molecule has 0 spiro atoms. The van der Waals surface area contributed by atoms with Gasteiger partial charge < -0.3 is 15.0 Å². The smallest absolute Gasteiger partial charge is 0.251 e. The lowest BCUT2D eigenvalue weighted by molar-refractivity contribution is -0.130. The van der Waals surface area contributed by atoms with Gasteiger partial charge >= 0.3 is 0 Å². The Hall–Kier alpha value is -2.24. The number of carbonyl (C=O) groups is 2. The third kappa shape index (κ3) is 5.88. The molecule has 0 aromatic heterocycles. The van der Waals surface area contributed by atoms with E-state index in [2.05, 4.69) is 5.32 Å². The maximum absolute atomic E-state index is 12.3. The van der Waals surface area contributed by atoms with Crippen LogP contribution in [0.4, 0.5) is 0 Å². The molecule has 0 bridgehead atoms. The van der Waals surface area contributed by atoms with Crippen molar-refractivity contribution in [2.45, 2.75) is 31.8 Å². The molecule has 1 N–H and O–H groups in total. The second-order valence-electron chi connectivity index (χ2n) is 6.87. The van der Waals surface area contributed by atoms with Crippen LogP contribution in [0.25, 0.3) is 0 Å². The van der Waals surface area contributed by atoms with E-state index in [0.29, 0.717) is 33.9 Å². The molecule has 0 saturated heterocycles. The quantitative estimate of drug-likeness (QED) is 0.691. The first-order valence-electron chi connectivity index (χ1n) is 9.14. The summed E-state index contributed by atoms with van der Waals surface area (Å²) in [6, 6.07) is 12.7. The highest BCUT2D eigenvalue weighted by atomic mass is 35.5. The standard InChI is InChI=1S/C21H22Cl2N2O3/c1-25(20(26)10-11-28-17-8-9-18(22)19(23)12-17)13-14-2-4-15(5-3-14)21(27)24-16-6-7-16/h2-5,8-9,12,16H,6-7,10-11,13H2,1H3,(H,24,27). The van der Waals surface area contributed by atoms with Crippen LogP contribution in [0, 0.1) is 0 Å². The molecule has 7 heteroatoms. The van der Waals surface area contributed by atoms with Crippen LogP contribution in [0.2, 0.25) is 10.0 Å². The van der Waals surface area contributed by atoms with Gasteiger partial charge in [0.25, 0.3) is 5.91 Å². The molecule has 148 valence electrons. The molecule has 1 aliphatic rings. The number of nitrogens with zero attached hydrogens (tertiary/aromatic N) is 1. The molecular weight excluding hydrogens is 399 g/mol. The van der Waals surface area contributed by atoms with Crippen LogP contribution in [-0.2, 0) is 11.3 Å². The minimum atomic E-state index is -0.0436. The zero-order chi connectivity index (χ0) is 20.1. The molecule has 1 fully saturated rings. The van der Waals surface area contributed by atoms with Crippen LogP contribution >= 0.6 is 23.2 Å². The number of amides is 2. The number of ether oxygens (including phenoxy) is 1. The summed E-state index contributed by atoms with van der Waals surface area (Å²) < 4.78 is 5.56. The van der Waals surface area contributed by atoms with Gasteiger partial charge in [-0.2, -0.15) is 0 Å². The van der Waals surface area contributed by atoms with Crippen LogP contribution in [-0.4, -0.2) is 36.4 Å². The molecule has 5 nitrogen and oxygen atoms in total. The topological polar surface area (TPSA) is 58.6 Å². The predicted molar refractivity (Wildman–Crippen MR) is 110 cm³/mol. The first kappa shape index (κ1) is 20.5. The SMILES string of the molecule is CN(Cc1ccc(C(=O)NC2CC2)cc1)C(=O)CCOc1ccc(Cl)c(Cl)c1. The van der Waals surface area contributed by atoms with Gasteiger partial charge in [0.05, 0.1) is 23.1 Å². The van der Waals surface area contributed by atoms with Gasteiger partial charge in [0.15, 0.2) is 0 Å². The Morgan fingerprint density at radius 1 is 1.11 bits per heavy atom. The van der Waals surface area contributed by atoms with Crippen LogP contribution < -0.4 is 10.1 Å². The van der Waals surface area contributed by atoms with E-state index in [1.54, 1.807) is 42.3 Å². The molecule has 2 amide bonds. The van der Waals surface area contributed by atoms with Gasteiger partial charge in [0, 0.05) is 31.3 Å². The van der Waals surface area contributed by atoms with E-state index in [9.17, 15) is 9.59 Å². The van der Waals surface area contributed by atoms with Crippen molar-refractivity contribution in [2.24, 2.45) is 0 Å². The minimum absolute atomic E-state index is 0.0318. The summed E-state index contributed by atoms with van der Waals surface area (Å²) in [5.74, 6) is 0.499. The summed E-state index contributed by atoms with van der Waals surface area (Å²) in [5, 5.41) is 3.83. The Bertz CT molecular complexity index is 851. The summed E-state index contributed by atoms with van der Waals surface area (Å²) in [4.78, 5) is 25.9. The van der Waals surface area contributed by atoms with Gasteiger partial charge in [0.1, 0.15) is 5.75 Å². The molecule has 28 heavy (non-hydrogen) atoms. The normalized spacial score (nSPS) is 13.1. The lowest BCUT2D eigenvalue weighted by Crippen LogP contribution is -2.27. The molecule has 3 rings (SSSR count). The maximum Gasteiger partial charge on any atom is 0.251 e. The molecule has 0 atom stereocenters. The van der Waals surface area contributed by atoms with E-state index in [1.807, 2.05) is 12.1 Å². The average Bonchev–Trinajstić information content (AvgIpc) is 3.49. The predicted octanol–water partition coefficient (Wildman–Crippen LogP) is 4.31. The second-order valence-corrected chi connectivity index (χ2v) is 7.68. The molecule has 0 heterocycles. The van der Waals surface area contributed by atoms with E-state index in [0.717, 1.165) is 18.4 Å². The minimum Gasteiger partial charge on any atom is -0.493 e. The zero-order valence-electron chi connectivity index (χ0n) is 15.6. The van der Waals surface area contributed by atoms with Crippen molar-refractivity contribution >= 4 is 35.0 Å². The Morgan fingerprint density at radius 3 is 2.46 bits per heavy atom. The lowest BCUT2D eigenvalue weighted by atomic mass is 10.1. The fourth-order valence-electron chi connectivity index (χ4n) is 2.63. The van der Waals surface area contributed by atoms with Gasteiger partial charge in [-0.3, -0.25) is 9.59 Å². The third-order valence-electron chi connectivity index (χ3n) is 4.45. The van der Waals surface area contributed by atoms with Crippen LogP contribution in [0.15, 0.2) is 42.5 Å². The van der Waals surface area contributed by atoms with E-state index >= 15 is 0 Å². The van der Waals surface area contributed by atoms with Crippen molar-refractivity contribution < 1.29 is 14.3 Å². The molecular formula is C21H22Cl2N2O3. The average molecular weight is 421 g/mol. The molecule has 1 aliphatic carbocycles. The van der Waals surface area contributed by atoms with Gasteiger partial charge in [-0.1, -0.05) is 35.3 Å². The third-order valence-corrected chi connectivity index (χ3v) is 5.19. The van der Waals surface area contributed by atoms with Gasteiger partial charge in [0.2, 0.25) is 5.91 Å². The maximum atomic E-state index is 12.3. The number of hydrogen-bond donors (Lipinski definition) is 1. The summed E-state index contributed by atoms with van der Waals surface area (Å²) in [5.41, 5.74) is 1.60. The van der Waals surface area contributed by atoms with Crippen molar-refractivity contribution in [3.8, 4) is 5.75 Å². The number of benzene rings is 2. The fraction of sp³-hybridized carbons (Fsp3) is 0.333.